The lowest BCUT2D eigenvalue weighted by molar-refractivity contribution is -0.111. The first-order valence-corrected chi connectivity index (χ1v) is 12.1. The number of anilines is 1. The van der Waals surface area contributed by atoms with E-state index in [1.807, 2.05) is 55.5 Å². The number of methoxy groups -OCH3 is 1. The fourth-order valence-corrected chi connectivity index (χ4v) is 4.12. The highest BCUT2D eigenvalue weighted by Crippen LogP contribution is 2.30. The number of ether oxygens (including phenoxy) is 3. The number of amides is 1. The van der Waals surface area contributed by atoms with E-state index >= 15 is 0 Å². The highest BCUT2D eigenvalue weighted by molar-refractivity contribution is 6.02. The number of hydrogen-bond donors (Lipinski definition) is 3. The van der Waals surface area contributed by atoms with Gasteiger partial charge in [0, 0.05) is 23.4 Å². The Kier molecular flexibility index (Phi) is 8.47. The van der Waals surface area contributed by atoms with Crippen molar-refractivity contribution in [1.82, 2.24) is 5.32 Å². The molecule has 3 aromatic rings. The summed E-state index contributed by atoms with van der Waals surface area (Å²) in [5, 5.41) is 16.2. The minimum absolute atomic E-state index is 0.0154. The van der Waals surface area contributed by atoms with Gasteiger partial charge in [-0.15, -0.1) is 0 Å². The number of carbonyl (C=O) groups is 1. The number of hydrogen-bond acceptors (Lipinski definition) is 6. The van der Waals surface area contributed by atoms with Gasteiger partial charge in [-0.05, 0) is 74.8 Å². The Morgan fingerprint density at radius 1 is 1.06 bits per heavy atom. The molecule has 36 heavy (non-hydrogen) atoms. The Morgan fingerprint density at radius 2 is 1.83 bits per heavy atom. The molecule has 0 bridgehead atoms. The van der Waals surface area contributed by atoms with Gasteiger partial charge in [-0.2, -0.15) is 0 Å². The van der Waals surface area contributed by atoms with Crippen LogP contribution in [0.25, 0.3) is 6.08 Å². The molecule has 7 nitrogen and oxygen atoms in total. The zero-order valence-corrected chi connectivity index (χ0v) is 20.6. The number of carbonyl (C=O) groups excluding carboxylic acids is 1. The quantitative estimate of drug-likeness (QED) is 0.353. The van der Waals surface area contributed by atoms with E-state index < -0.39 is 0 Å². The number of nitrogens with one attached hydrogen (secondary N) is 2. The summed E-state index contributed by atoms with van der Waals surface area (Å²) in [7, 11) is 1.49. The topological polar surface area (TPSA) is 89.1 Å². The minimum atomic E-state index is -0.307. The molecular formula is C29H32N2O5. The summed E-state index contributed by atoms with van der Waals surface area (Å²) >= 11 is 0. The van der Waals surface area contributed by atoms with E-state index in [0.717, 1.165) is 37.2 Å². The molecule has 4 rings (SSSR count). The number of phenols is 1. The Morgan fingerprint density at radius 3 is 2.61 bits per heavy atom. The zero-order chi connectivity index (χ0) is 25.3. The average molecular weight is 489 g/mol. The molecule has 1 unspecified atom stereocenters. The third-order valence-electron chi connectivity index (χ3n) is 5.99. The molecule has 1 atom stereocenters. The van der Waals surface area contributed by atoms with Crippen LogP contribution in [0.5, 0.6) is 23.0 Å². The number of rotatable bonds is 9. The summed E-state index contributed by atoms with van der Waals surface area (Å²) in [6.07, 6.45) is 4.93. The average Bonchev–Trinajstić information content (AvgIpc) is 2.88. The molecule has 0 saturated carbocycles. The molecule has 1 heterocycles. The van der Waals surface area contributed by atoms with Gasteiger partial charge in [0.05, 0.1) is 7.11 Å². The van der Waals surface area contributed by atoms with Crippen molar-refractivity contribution >= 4 is 17.7 Å². The maximum atomic E-state index is 12.6. The van der Waals surface area contributed by atoms with Crippen molar-refractivity contribution in [2.75, 3.05) is 25.5 Å². The van der Waals surface area contributed by atoms with Gasteiger partial charge in [0.15, 0.2) is 11.5 Å². The van der Waals surface area contributed by atoms with Gasteiger partial charge in [0.2, 0.25) is 5.91 Å². The van der Waals surface area contributed by atoms with E-state index in [4.69, 9.17) is 14.2 Å². The summed E-state index contributed by atoms with van der Waals surface area (Å²) in [5.41, 5.74) is 2.20. The number of benzene rings is 3. The van der Waals surface area contributed by atoms with E-state index in [9.17, 15) is 9.90 Å². The SMILES string of the molecule is COc1ccc(C=CC(=O)Nc2ccccc2C(C)Oc2cccc(OC3CCNCC3)c2)cc1O. The maximum Gasteiger partial charge on any atom is 0.248 e. The molecule has 188 valence electrons. The monoisotopic (exact) mass is 488 g/mol. The third-order valence-corrected chi connectivity index (χ3v) is 5.99. The lowest BCUT2D eigenvalue weighted by Crippen LogP contribution is -2.34. The van der Waals surface area contributed by atoms with Crippen LogP contribution >= 0.6 is 0 Å². The van der Waals surface area contributed by atoms with E-state index in [1.54, 1.807) is 18.2 Å². The van der Waals surface area contributed by atoms with Gasteiger partial charge in [-0.1, -0.05) is 30.3 Å². The molecule has 7 heteroatoms. The second kappa shape index (κ2) is 12.1. The van der Waals surface area contributed by atoms with Crippen LogP contribution in [0.1, 0.15) is 37.0 Å². The lowest BCUT2D eigenvalue weighted by Gasteiger charge is -2.24. The molecule has 1 amide bonds. The van der Waals surface area contributed by atoms with Gasteiger partial charge in [-0.25, -0.2) is 0 Å². The summed E-state index contributed by atoms with van der Waals surface area (Å²) in [5.74, 6) is 1.60. The number of phenolic OH excluding ortho intramolecular Hbond substituents is 1. The molecule has 0 aliphatic carbocycles. The normalized spacial score (nSPS) is 14.8. The first-order chi connectivity index (χ1) is 17.5. The van der Waals surface area contributed by atoms with Gasteiger partial charge < -0.3 is 30.0 Å². The summed E-state index contributed by atoms with van der Waals surface area (Å²) in [6.45, 7) is 3.89. The largest absolute Gasteiger partial charge is 0.504 e. The van der Waals surface area contributed by atoms with Crippen LogP contribution in [0, 0.1) is 0 Å². The molecule has 3 aromatic carbocycles. The zero-order valence-electron chi connectivity index (χ0n) is 20.6. The van der Waals surface area contributed by atoms with Crippen LogP contribution in [0.4, 0.5) is 5.69 Å². The number of piperidine rings is 1. The molecule has 1 aliphatic heterocycles. The molecule has 1 fully saturated rings. The van der Waals surface area contributed by atoms with Gasteiger partial charge in [0.1, 0.15) is 23.7 Å². The van der Waals surface area contributed by atoms with Crippen molar-refractivity contribution in [3.05, 3.63) is 83.9 Å². The smallest absolute Gasteiger partial charge is 0.248 e. The van der Waals surface area contributed by atoms with E-state index in [0.29, 0.717) is 22.7 Å². The molecule has 1 saturated heterocycles. The predicted octanol–water partition coefficient (Wildman–Crippen LogP) is 5.32. The van der Waals surface area contributed by atoms with Crippen molar-refractivity contribution in [3.63, 3.8) is 0 Å². The lowest BCUT2D eigenvalue weighted by atomic mass is 10.1. The van der Waals surface area contributed by atoms with Crippen LogP contribution in [0.2, 0.25) is 0 Å². The van der Waals surface area contributed by atoms with Crippen molar-refractivity contribution in [1.29, 1.82) is 0 Å². The van der Waals surface area contributed by atoms with E-state index in [-0.39, 0.29) is 23.9 Å². The van der Waals surface area contributed by atoms with Crippen LogP contribution in [0.3, 0.4) is 0 Å². The van der Waals surface area contributed by atoms with Gasteiger partial charge >= 0.3 is 0 Å². The van der Waals surface area contributed by atoms with Crippen LogP contribution in [0.15, 0.2) is 72.8 Å². The highest BCUT2D eigenvalue weighted by Gasteiger charge is 2.16. The number of para-hydroxylation sites is 1. The fourth-order valence-electron chi connectivity index (χ4n) is 4.12. The Balaban J connectivity index is 1.40. The predicted molar refractivity (Wildman–Crippen MR) is 141 cm³/mol. The molecule has 3 N–H and O–H groups in total. The molecule has 1 aliphatic rings. The van der Waals surface area contributed by atoms with Crippen LogP contribution in [-0.2, 0) is 4.79 Å². The molecular weight excluding hydrogens is 456 g/mol. The van der Waals surface area contributed by atoms with Crippen molar-refractivity contribution < 1.29 is 24.1 Å². The second-order valence-electron chi connectivity index (χ2n) is 8.64. The fraction of sp³-hybridized carbons (Fsp3) is 0.276. The molecule has 0 spiro atoms. The Hall–Kier alpha value is -3.97. The van der Waals surface area contributed by atoms with Crippen molar-refractivity contribution in [2.24, 2.45) is 0 Å². The summed E-state index contributed by atoms with van der Waals surface area (Å²) in [4.78, 5) is 12.6. The summed E-state index contributed by atoms with van der Waals surface area (Å²) in [6, 6.07) is 20.2. The minimum Gasteiger partial charge on any atom is -0.504 e. The first kappa shape index (κ1) is 25.1. The first-order valence-electron chi connectivity index (χ1n) is 12.1. The van der Waals surface area contributed by atoms with Gasteiger partial charge in [-0.3, -0.25) is 4.79 Å². The third kappa shape index (κ3) is 6.79. The molecule has 0 radical (unpaired) electrons. The van der Waals surface area contributed by atoms with E-state index in [2.05, 4.69) is 10.6 Å². The Labute approximate surface area is 211 Å². The van der Waals surface area contributed by atoms with Crippen molar-refractivity contribution in [2.45, 2.75) is 32.0 Å². The molecule has 0 aromatic heterocycles. The van der Waals surface area contributed by atoms with Crippen LogP contribution in [-0.4, -0.2) is 37.3 Å². The van der Waals surface area contributed by atoms with Crippen molar-refractivity contribution in [3.8, 4) is 23.0 Å². The standard InChI is InChI=1S/C29H32N2O5/c1-20(35-23-6-5-7-24(19-23)36-22-14-16-30-17-15-22)25-8-3-4-9-26(25)31-29(33)13-11-21-10-12-28(34-2)27(32)18-21/h3-13,18-20,22,30,32H,14-17H2,1-2H3,(H,31,33). The van der Waals surface area contributed by atoms with Crippen LogP contribution < -0.4 is 24.8 Å². The second-order valence-corrected chi connectivity index (χ2v) is 8.64. The number of aromatic hydroxyl groups is 1. The van der Waals surface area contributed by atoms with Gasteiger partial charge in [0.25, 0.3) is 0 Å². The maximum absolute atomic E-state index is 12.6. The highest BCUT2D eigenvalue weighted by atomic mass is 16.5. The Bertz CT molecular complexity index is 1200. The summed E-state index contributed by atoms with van der Waals surface area (Å²) < 4.78 is 17.4. The van der Waals surface area contributed by atoms with E-state index in [1.165, 1.54) is 19.3 Å².